The average molecular weight is 418 g/mol. The number of hydrogen-bond acceptors (Lipinski definition) is 4. The summed E-state index contributed by atoms with van der Waals surface area (Å²) in [6.07, 6.45) is 6.76. The number of nitrogens with zero attached hydrogens (tertiary/aromatic N) is 2. The normalized spacial score (nSPS) is 20.9. The van der Waals surface area contributed by atoms with Crippen LogP contribution in [0.25, 0.3) is 5.52 Å². The average Bonchev–Trinajstić information content (AvgIpc) is 2.74. The van der Waals surface area contributed by atoms with Gasteiger partial charge in [-0.2, -0.15) is 0 Å². The van der Waals surface area contributed by atoms with Crippen molar-refractivity contribution in [3.63, 3.8) is 0 Å². The monoisotopic (exact) mass is 417 g/mol. The van der Waals surface area contributed by atoms with Crippen LogP contribution in [0.4, 0.5) is 11.4 Å². The fourth-order valence-corrected chi connectivity index (χ4v) is 5.31. The highest BCUT2D eigenvalue weighted by Crippen LogP contribution is 2.42. The number of carboxylic acid groups (broad SMARTS) is 1. The van der Waals surface area contributed by atoms with Crippen molar-refractivity contribution in [3.8, 4) is 0 Å². The van der Waals surface area contributed by atoms with E-state index in [1.807, 2.05) is 26.1 Å². The molecule has 0 spiro atoms. The molecule has 6 nitrogen and oxygen atoms in total. The number of carboxylic acids is 1. The molecular weight excluding hydrogens is 390 g/mol. The number of aromatic carboxylic acids is 1. The van der Waals surface area contributed by atoms with Gasteiger partial charge in [-0.15, -0.1) is 0 Å². The number of carbonyl (C=O) groups is 1. The summed E-state index contributed by atoms with van der Waals surface area (Å²) in [5.74, 6) is -0.966. The van der Waals surface area contributed by atoms with Gasteiger partial charge in [0.05, 0.1) is 17.1 Å². The second kappa shape index (κ2) is 7.45. The number of fused-ring (bicyclic) bond motifs is 3. The van der Waals surface area contributed by atoms with Crippen LogP contribution in [0.1, 0.15) is 60.1 Å². The second-order valence-corrected chi connectivity index (χ2v) is 8.88. The van der Waals surface area contributed by atoms with E-state index < -0.39 is 5.97 Å². The molecule has 0 saturated carbocycles. The van der Waals surface area contributed by atoms with Crippen molar-refractivity contribution in [1.29, 1.82) is 0 Å². The van der Waals surface area contributed by atoms with E-state index in [4.69, 9.17) is 0 Å². The molecule has 2 bridgehead atoms. The molecule has 3 aromatic rings. The summed E-state index contributed by atoms with van der Waals surface area (Å²) in [5, 5.41) is 12.9. The molecule has 0 amide bonds. The first kappa shape index (κ1) is 19.7. The minimum Gasteiger partial charge on any atom is -0.478 e. The van der Waals surface area contributed by atoms with E-state index in [1.54, 1.807) is 28.7 Å². The molecule has 2 aromatic heterocycles. The Bertz CT molecular complexity index is 1220. The lowest BCUT2D eigenvalue weighted by atomic mass is 9.79. The summed E-state index contributed by atoms with van der Waals surface area (Å²) in [4.78, 5) is 27.1. The predicted octanol–water partition coefficient (Wildman–Crippen LogP) is 4.61. The van der Waals surface area contributed by atoms with Gasteiger partial charge in [-0.3, -0.25) is 9.20 Å². The zero-order valence-corrected chi connectivity index (χ0v) is 17.8. The van der Waals surface area contributed by atoms with E-state index in [0.29, 0.717) is 17.8 Å². The van der Waals surface area contributed by atoms with Crippen molar-refractivity contribution in [3.05, 3.63) is 75.7 Å². The number of benzene rings is 1. The molecule has 2 N–H and O–H groups in total. The Morgan fingerprint density at radius 2 is 1.90 bits per heavy atom. The molecule has 160 valence electrons. The highest BCUT2D eigenvalue weighted by molar-refractivity contribution is 5.94. The van der Waals surface area contributed by atoms with Crippen LogP contribution in [0.3, 0.4) is 0 Å². The van der Waals surface area contributed by atoms with Gasteiger partial charge in [0.25, 0.3) is 5.56 Å². The summed E-state index contributed by atoms with van der Waals surface area (Å²) in [6, 6.07) is 13.8. The Balaban J connectivity index is 1.58. The lowest BCUT2D eigenvalue weighted by Crippen LogP contribution is -2.59. The Kier molecular flexibility index (Phi) is 4.73. The number of rotatable bonds is 5. The summed E-state index contributed by atoms with van der Waals surface area (Å²) < 4.78 is 1.71. The third kappa shape index (κ3) is 3.36. The highest BCUT2D eigenvalue weighted by Gasteiger charge is 2.41. The Hall–Kier alpha value is -3.28. The van der Waals surface area contributed by atoms with Crippen LogP contribution >= 0.6 is 0 Å². The Labute approximate surface area is 181 Å². The summed E-state index contributed by atoms with van der Waals surface area (Å²) in [6.45, 7) is 3.98. The zero-order valence-electron chi connectivity index (χ0n) is 17.8. The van der Waals surface area contributed by atoms with Gasteiger partial charge in [0, 0.05) is 35.7 Å². The quantitative estimate of drug-likeness (QED) is 0.634. The largest absolute Gasteiger partial charge is 0.478 e. The number of aromatic nitrogens is 1. The minimum absolute atomic E-state index is 0.0273. The summed E-state index contributed by atoms with van der Waals surface area (Å²) in [7, 11) is 0. The zero-order chi connectivity index (χ0) is 21.7. The first-order chi connectivity index (χ1) is 14.9. The number of piperidine rings is 1. The smallest absolute Gasteiger partial charge is 0.337 e. The molecule has 1 aromatic carbocycles. The standard InChI is InChI=1S/C25H27N3O3/c1-15-10-21(16(2)26-22-9-4-3-8-20(22)25(30)31)23-12-19(13-24(29)27(23)14-15)28-17-6-5-7-18(28)11-17/h3-4,8-10,12-14,16-18,26H,5-7,11H2,1-2H3,(H,30,31)/t16-,17?,18?/m0/s1. The van der Waals surface area contributed by atoms with Gasteiger partial charge < -0.3 is 15.3 Å². The van der Waals surface area contributed by atoms with Gasteiger partial charge in [-0.1, -0.05) is 18.2 Å². The topological polar surface area (TPSA) is 74.0 Å². The van der Waals surface area contributed by atoms with Crippen molar-refractivity contribution in [2.24, 2.45) is 0 Å². The molecule has 2 unspecified atom stereocenters. The van der Waals surface area contributed by atoms with Gasteiger partial charge in [0.2, 0.25) is 0 Å². The van der Waals surface area contributed by atoms with E-state index in [0.717, 1.165) is 22.3 Å². The molecule has 2 saturated heterocycles. The lowest BCUT2D eigenvalue weighted by molar-refractivity contribution is 0.0698. The third-order valence-corrected chi connectivity index (χ3v) is 6.76. The SMILES string of the molecule is Cc1cc([C@H](C)Nc2ccccc2C(=O)O)c2cc(N3C4CCCC3C4)cc(=O)n2c1. The lowest BCUT2D eigenvalue weighted by Gasteiger charge is -2.54. The van der Waals surface area contributed by atoms with E-state index in [1.165, 1.54) is 25.7 Å². The van der Waals surface area contributed by atoms with Gasteiger partial charge in [-0.05, 0) is 68.9 Å². The fourth-order valence-electron chi connectivity index (χ4n) is 5.31. The van der Waals surface area contributed by atoms with Crippen LogP contribution in [0, 0.1) is 6.92 Å². The molecule has 0 radical (unpaired) electrons. The molecule has 2 aliphatic rings. The number of para-hydroxylation sites is 1. The Morgan fingerprint density at radius 3 is 2.61 bits per heavy atom. The number of aryl methyl sites for hydroxylation is 1. The van der Waals surface area contributed by atoms with Crippen molar-refractivity contribution in [2.75, 3.05) is 10.2 Å². The number of nitrogens with one attached hydrogen (secondary N) is 1. The maximum Gasteiger partial charge on any atom is 0.337 e. The van der Waals surface area contributed by atoms with E-state index in [-0.39, 0.29) is 17.2 Å². The van der Waals surface area contributed by atoms with Crippen LogP contribution < -0.4 is 15.8 Å². The third-order valence-electron chi connectivity index (χ3n) is 6.76. The predicted molar refractivity (Wildman–Crippen MR) is 122 cm³/mol. The van der Waals surface area contributed by atoms with Crippen LogP contribution in [-0.2, 0) is 0 Å². The molecule has 6 heteroatoms. The molecule has 5 rings (SSSR count). The maximum atomic E-state index is 13.0. The van der Waals surface area contributed by atoms with Crippen molar-refractivity contribution >= 4 is 22.9 Å². The van der Waals surface area contributed by atoms with E-state index in [2.05, 4.69) is 22.3 Å². The van der Waals surface area contributed by atoms with Gasteiger partial charge in [0.1, 0.15) is 0 Å². The number of anilines is 2. The summed E-state index contributed by atoms with van der Waals surface area (Å²) in [5.41, 5.74) is 4.61. The molecule has 31 heavy (non-hydrogen) atoms. The summed E-state index contributed by atoms with van der Waals surface area (Å²) >= 11 is 0. The first-order valence-electron chi connectivity index (χ1n) is 11.0. The maximum absolute atomic E-state index is 13.0. The number of pyridine rings is 2. The molecule has 3 atom stereocenters. The van der Waals surface area contributed by atoms with Crippen LogP contribution in [-0.4, -0.2) is 27.6 Å². The molecule has 2 aliphatic heterocycles. The second-order valence-electron chi connectivity index (χ2n) is 8.88. The highest BCUT2D eigenvalue weighted by atomic mass is 16.4. The van der Waals surface area contributed by atoms with E-state index >= 15 is 0 Å². The van der Waals surface area contributed by atoms with Gasteiger partial charge in [0.15, 0.2) is 0 Å². The molecule has 4 heterocycles. The fraction of sp³-hybridized carbons (Fsp3) is 0.360. The van der Waals surface area contributed by atoms with Crippen molar-refractivity contribution in [2.45, 2.75) is 57.7 Å². The van der Waals surface area contributed by atoms with E-state index in [9.17, 15) is 14.7 Å². The molecular formula is C25H27N3O3. The van der Waals surface area contributed by atoms with Crippen molar-refractivity contribution in [1.82, 2.24) is 4.40 Å². The van der Waals surface area contributed by atoms with Crippen LogP contribution in [0.5, 0.6) is 0 Å². The molecule has 2 fully saturated rings. The van der Waals surface area contributed by atoms with Gasteiger partial charge >= 0.3 is 5.97 Å². The Morgan fingerprint density at radius 1 is 1.16 bits per heavy atom. The van der Waals surface area contributed by atoms with Gasteiger partial charge in [-0.25, -0.2) is 4.79 Å². The van der Waals surface area contributed by atoms with Crippen LogP contribution in [0.15, 0.2) is 53.5 Å². The first-order valence-corrected chi connectivity index (χ1v) is 11.0. The van der Waals surface area contributed by atoms with Crippen LogP contribution in [0.2, 0.25) is 0 Å². The number of hydrogen-bond donors (Lipinski definition) is 2. The molecule has 0 aliphatic carbocycles. The van der Waals surface area contributed by atoms with Crippen molar-refractivity contribution < 1.29 is 9.90 Å². The minimum atomic E-state index is -0.966.